The molecule has 0 unspecified atom stereocenters. The number of nitro groups is 1. The van der Waals surface area contributed by atoms with Crippen molar-refractivity contribution in [2.75, 3.05) is 18.4 Å². The zero-order valence-corrected chi connectivity index (χ0v) is 18.3. The highest BCUT2D eigenvalue weighted by atomic mass is 32.1. The van der Waals surface area contributed by atoms with Crippen molar-refractivity contribution >= 4 is 34.1 Å². The number of nitrogens with zero attached hydrogens (tertiary/aromatic N) is 2. The number of nitrogens with one attached hydrogen (secondary N) is 4. The molecule has 4 N–H and O–H groups in total. The van der Waals surface area contributed by atoms with Gasteiger partial charge < -0.3 is 21.3 Å². The molecular formula is C20H28N6O4S. The largest absolute Gasteiger partial charge is 0.352 e. The lowest BCUT2D eigenvalue weighted by Crippen LogP contribution is -2.46. The minimum atomic E-state index is -0.730. The average Bonchev–Trinajstić information content (AvgIpc) is 3.62. The Morgan fingerprint density at radius 1 is 1.19 bits per heavy atom. The number of aryl methyl sites for hydroxylation is 1. The molecule has 1 aromatic rings. The molecule has 3 aliphatic carbocycles. The Kier molecular flexibility index (Phi) is 6.40. The zero-order valence-electron chi connectivity index (χ0n) is 17.5. The molecule has 10 nitrogen and oxygen atoms in total. The van der Waals surface area contributed by atoms with Crippen LogP contribution in [0.4, 0.5) is 5.00 Å². The molecule has 0 bridgehead atoms. The first-order chi connectivity index (χ1) is 14.9. The van der Waals surface area contributed by atoms with Gasteiger partial charge in [0.15, 0.2) is 5.03 Å². The van der Waals surface area contributed by atoms with E-state index in [4.69, 9.17) is 0 Å². The van der Waals surface area contributed by atoms with Gasteiger partial charge in [-0.25, -0.2) is 10.1 Å². The van der Waals surface area contributed by atoms with E-state index in [-0.39, 0.29) is 29.7 Å². The quantitative estimate of drug-likeness (QED) is 0.207. The van der Waals surface area contributed by atoms with Crippen LogP contribution in [0.5, 0.6) is 0 Å². The summed E-state index contributed by atoms with van der Waals surface area (Å²) in [7, 11) is 0. The van der Waals surface area contributed by atoms with Gasteiger partial charge in [-0.3, -0.25) is 9.59 Å². The van der Waals surface area contributed by atoms with Crippen molar-refractivity contribution in [3.05, 3.63) is 26.1 Å². The molecule has 0 saturated heterocycles. The summed E-state index contributed by atoms with van der Waals surface area (Å²) in [5.74, 6) is 0.563. The maximum Gasteiger partial charge on any atom is 0.268 e. The number of thiophene rings is 1. The van der Waals surface area contributed by atoms with Gasteiger partial charge in [-0.15, -0.1) is 11.3 Å². The smallest absolute Gasteiger partial charge is 0.268 e. The molecule has 2 saturated carbocycles. The Balaban J connectivity index is 1.54. The standard InChI is InChI=1S/C20H28N6O4S/c1-2-21-20(25-26(29)30)23-13-7-8-15-14(9-13)16(18(28)22-10-11-3-4-11)19(31-15)24-17(27)12-5-6-12/h11-13H,2-10H2,1H3,(H,22,28)(H,24,27)(H2,21,23,25)/t13-/m1/s1. The average molecular weight is 449 g/mol. The number of guanidine groups is 1. The molecule has 31 heavy (non-hydrogen) atoms. The highest BCUT2D eigenvalue weighted by Crippen LogP contribution is 2.40. The topological polar surface area (TPSA) is 138 Å². The normalized spacial score (nSPS) is 20.5. The van der Waals surface area contributed by atoms with E-state index < -0.39 is 5.03 Å². The van der Waals surface area contributed by atoms with Crippen LogP contribution in [0, 0.1) is 22.0 Å². The summed E-state index contributed by atoms with van der Waals surface area (Å²) in [6.07, 6.45) is 6.11. The number of hydrazone groups is 1. The SMILES string of the molecule is CCN/C(=N\[N+](=O)[O-])N[C@@H]1CCc2sc(NC(=O)C3CC3)c(C(=O)NCC3CC3)c2C1. The number of amides is 2. The zero-order chi connectivity index (χ0) is 22.0. The van der Waals surface area contributed by atoms with Gasteiger partial charge in [0, 0.05) is 29.9 Å². The van der Waals surface area contributed by atoms with Crippen molar-refractivity contribution in [3.8, 4) is 0 Å². The Bertz CT molecular complexity index is 906. The van der Waals surface area contributed by atoms with Gasteiger partial charge in [0.1, 0.15) is 10.1 Å². The molecular weight excluding hydrogens is 420 g/mol. The van der Waals surface area contributed by atoms with E-state index in [1.807, 2.05) is 6.92 Å². The number of rotatable bonds is 8. The second kappa shape index (κ2) is 9.21. The van der Waals surface area contributed by atoms with Crippen LogP contribution in [0.25, 0.3) is 0 Å². The summed E-state index contributed by atoms with van der Waals surface area (Å²) in [5, 5.41) is 26.1. The van der Waals surface area contributed by atoms with Gasteiger partial charge in [-0.1, -0.05) is 0 Å². The van der Waals surface area contributed by atoms with Crippen LogP contribution < -0.4 is 21.3 Å². The fourth-order valence-corrected chi connectivity index (χ4v) is 5.04. The van der Waals surface area contributed by atoms with Crippen LogP contribution in [0.15, 0.2) is 5.10 Å². The van der Waals surface area contributed by atoms with Crippen molar-refractivity contribution in [1.82, 2.24) is 16.0 Å². The van der Waals surface area contributed by atoms with Gasteiger partial charge in [-0.05, 0) is 63.4 Å². The fourth-order valence-electron chi connectivity index (χ4n) is 3.80. The Morgan fingerprint density at radius 2 is 1.97 bits per heavy atom. The number of carbonyl (C=O) groups excluding carboxylic acids is 2. The third-order valence-electron chi connectivity index (χ3n) is 5.79. The van der Waals surface area contributed by atoms with E-state index in [1.54, 1.807) is 0 Å². The molecule has 3 aliphatic rings. The lowest BCUT2D eigenvalue weighted by molar-refractivity contribution is -0.485. The predicted octanol–water partition coefficient (Wildman–Crippen LogP) is 1.84. The Hall–Kier alpha value is -2.69. The van der Waals surface area contributed by atoms with Crippen LogP contribution in [-0.2, 0) is 17.6 Å². The molecule has 11 heteroatoms. The summed E-state index contributed by atoms with van der Waals surface area (Å²) in [4.78, 5) is 37.4. The molecule has 0 radical (unpaired) electrons. The molecule has 0 aliphatic heterocycles. The van der Waals surface area contributed by atoms with Crippen molar-refractivity contribution in [2.45, 2.75) is 57.9 Å². The number of hydrogen-bond acceptors (Lipinski definition) is 5. The van der Waals surface area contributed by atoms with Crippen LogP contribution in [0.3, 0.4) is 0 Å². The monoisotopic (exact) mass is 448 g/mol. The van der Waals surface area contributed by atoms with E-state index in [2.05, 4.69) is 26.4 Å². The minimum Gasteiger partial charge on any atom is -0.352 e. The summed E-state index contributed by atoms with van der Waals surface area (Å²) < 4.78 is 0. The second-order valence-electron chi connectivity index (χ2n) is 8.43. The summed E-state index contributed by atoms with van der Waals surface area (Å²) in [6, 6.07) is -0.0955. The summed E-state index contributed by atoms with van der Waals surface area (Å²) >= 11 is 1.48. The summed E-state index contributed by atoms with van der Waals surface area (Å²) in [6.45, 7) is 3.00. The van der Waals surface area contributed by atoms with Crippen molar-refractivity contribution in [2.24, 2.45) is 16.9 Å². The molecule has 0 spiro atoms. The molecule has 1 heterocycles. The maximum absolute atomic E-state index is 13.1. The van der Waals surface area contributed by atoms with E-state index in [0.717, 1.165) is 49.0 Å². The van der Waals surface area contributed by atoms with Gasteiger partial charge in [0.25, 0.3) is 11.9 Å². The number of anilines is 1. The second-order valence-corrected chi connectivity index (χ2v) is 9.53. The lowest BCUT2D eigenvalue weighted by atomic mass is 9.91. The first kappa shape index (κ1) is 21.5. The van der Waals surface area contributed by atoms with Crippen molar-refractivity contribution in [1.29, 1.82) is 0 Å². The molecule has 0 aromatic carbocycles. The molecule has 168 valence electrons. The lowest BCUT2D eigenvalue weighted by Gasteiger charge is -2.25. The van der Waals surface area contributed by atoms with E-state index in [9.17, 15) is 19.7 Å². The van der Waals surface area contributed by atoms with Crippen molar-refractivity contribution < 1.29 is 14.6 Å². The first-order valence-corrected chi connectivity index (χ1v) is 11.7. The maximum atomic E-state index is 13.1. The Morgan fingerprint density at radius 3 is 2.61 bits per heavy atom. The highest BCUT2D eigenvalue weighted by Gasteiger charge is 2.34. The molecule has 4 rings (SSSR count). The third kappa shape index (κ3) is 5.52. The summed E-state index contributed by atoms with van der Waals surface area (Å²) in [5.41, 5.74) is 1.47. The number of fused-ring (bicyclic) bond motifs is 1. The van der Waals surface area contributed by atoms with Crippen LogP contribution in [0.1, 0.15) is 59.8 Å². The molecule has 2 amide bonds. The molecule has 2 fully saturated rings. The Labute approximate surface area is 184 Å². The molecule has 1 aromatic heterocycles. The van der Waals surface area contributed by atoms with E-state index >= 15 is 0 Å². The van der Waals surface area contributed by atoms with E-state index in [0.29, 0.717) is 36.0 Å². The van der Waals surface area contributed by atoms with Crippen LogP contribution in [-0.4, -0.2) is 41.9 Å². The third-order valence-corrected chi connectivity index (χ3v) is 7.00. The highest BCUT2D eigenvalue weighted by molar-refractivity contribution is 7.17. The van der Waals surface area contributed by atoms with Crippen molar-refractivity contribution in [3.63, 3.8) is 0 Å². The minimum absolute atomic E-state index is 0.0166. The van der Waals surface area contributed by atoms with Gasteiger partial charge >= 0.3 is 0 Å². The number of carbonyl (C=O) groups is 2. The first-order valence-electron chi connectivity index (χ1n) is 10.9. The van der Waals surface area contributed by atoms with Gasteiger partial charge in [0.05, 0.1) is 5.56 Å². The van der Waals surface area contributed by atoms with E-state index in [1.165, 1.54) is 11.3 Å². The van der Waals surface area contributed by atoms with Crippen LogP contribution >= 0.6 is 11.3 Å². The van der Waals surface area contributed by atoms with Crippen LogP contribution in [0.2, 0.25) is 0 Å². The molecule has 1 atom stereocenters. The predicted molar refractivity (Wildman–Crippen MR) is 118 cm³/mol. The van der Waals surface area contributed by atoms with Gasteiger partial charge in [-0.2, -0.15) is 0 Å². The fraction of sp³-hybridized carbons (Fsp3) is 0.650. The van der Waals surface area contributed by atoms with Gasteiger partial charge in [0.2, 0.25) is 5.91 Å². The number of hydrogen-bond donors (Lipinski definition) is 4.